The standard InChI is InChI=1S/C20H32N2O.ClH/c1-5-8-17-11-13-22(12-6-2)18(14-17)20(23)21-19-15(3)9-7-10-16(19)4;/h7,9-10,17-18H,5-6,8,11-14H2,1-4H3,(H,21,23);1H/t17-,18+;/m1./s1. The van der Waals surface area contributed by atoms with Gasteiger partial charge < -0.3 is 5.32 Å². The zero-order valence-electron chi connectivity index (χ0n) is 15.6. The van der Waals surface area contributed by atoms with Gasteiger partial charge in [0.25, 0.3) is 0 Å². The molecule has 0 radical (unpaired) electrons. The lowest BCUT2D eigenvalue weighted by Crippen LogP contribution is -2.49. The minimum absolute atomic E-state index is 0. The topological polar surface area (TPSA) is 32.3 Å². The Balaban J connectivity index is 0.00000288. The van der Waals surface area contributed by atoms with Gasteiger partial charge in [-0.3, -0.25) is 9.69 Å². The highest BCUT2D eigenvalue weighted by Crippen LogP contribution is 2.28. The van der Waals surface area contributed by atoms with Crippen LogP contribution in [-0.2, 0) is 4.79 Å². The van der Waals surface area contributed by atoms with Crippen LogP contribution in [0.25, 0.3) is 0 Å². The fourth-order valence-electron chi connectivity index (χ4n) is 3.80. The van der Waals surface area contributed by atoms with Crippen LogP contribution in [0.5, 0.6) is 0 Å². The number of para-hydroxylation sites is 1. The van der Waals surface area contributed by atoms with E-state index in [1.165, 1.54) is 19.3 Å². The van der Waals surface area contributed by atoms with E-state index in [9.17, 15) is 4.79 Å². The molecule has 1 amide bonds. The molecule has 1 heterocycles. The number of halogens is 1. The van der Waals surface area contributed by atoms with Crippen molar-refractivity contribution in [2.75, 3.05) is 18.4 Å². The first-order valence-electron chi connectivity index (χ1n) is 9.17. The van der Waals surface area contributed by atoms with E-state index in [1.54, 1.807) is 0 Å². The second-order valence-electron chi connectivity index (χ2n) is 6.99. The summed E-state index contributed by atoms with van der Waals surface area (Å²) in [5.41, 5.74) is 3.27. The molecule has 4 heteroatoms. The predicted octanol–water partition coefficient (Wildman–Crippen LogP) is 4.95. The van der Waals surface area contributed by atoms with Gasteiger partial charge in [-0.1, -0.05) is 44.9 Å². The van der Waals surface area contributed by atoms with E-state index >= 15 is 0 Å². The molecule has 0 bridgehead atoms. The minimum atomic E-state index is 0. The quantitative estimate of drug-likeness (QED) is 0.785. The Bertz CT molecular complexity index is 512. The maximum absolute atomic E-state index is 13.0. The van der Waals surface area contributed by atoms with E-state index in [-0.39, 0.29) is 24.4 Å². The molecule has 0 unspecified atom stereocenters. The van der Waals surface area contributed by atoms with Crippen LogP contribution < -0.4 is 5.32 Å². The molecule has 0 aliphatic carbocycles. The van der Waals surface area contributed by atoms with Crippen molar-refractivity contribution in [3.63, 3.8) is 0 Å². The van der Waals surface area contributed by atoms with Crippen LogP contribution in [0.15, 0.2) is 18.2 Å². The Hall–Kier alpha value is -1.06. The Morgan fingerprint density at radius 1 is 1.21 bits per heavy atom. The molecule has 1 aromatic carbocycles. The molecule has 3 nitrogen and oxygen atoms in total. The summed E-state index contributed by atoms with van der Waals surface area (Å²) in [6.45, 7) is 10.6. The average Bonchev–Trinajstić information content (AvgIpc) is 2.53. The summed E-state index contributed by atoms with van der Waals surface area (Å²) in [7, 11) is 0. The molecule has 1 saturated heterocycles. The number of carbonyl (C=O) groups is 1. The summed E-state index contributed by atoms with van der Waals surface area (Å²) in [6, 6.07) is 6.20. The Morgan fingerprint density at radius 3 is 2.46 bits per heavy atom. The summed E-state index contributed by atoms with van der Waals surface area (Å²) in [5.74, 6) is 0.874. The van der Waals surface area contributed by atoms with Crippen LogP contribution in [-0.4, -0.2) is 29.9 Å². The zero-order valence-corrected chi connectivity index (χ0v) is 16.4. The molecule has 2 atom stereocenters. The number of rotatable bonds is 6. The molecule has 24 heavy (non-hydrogen) atoms. The number of likely N-dealkylation sites (tertiary alicyclic amines) is 1. The highest BCUT2D eigenvalue weighted by Gasteiger charge is 2.32. The zero-order chi connectivity index (χ0) is 16.8. The Morgan fingerprint density at radius 2 is 1.88 bits per heavy atom. The van der Waals surface area contributed by atoms with Crippen molar-refractivity contribution < 1.29 is 4.79 Å². The number of hydrogen-bond donors (Lipinski definition) is 1. The van der Waals surface area contributed by atoms with Crippen molar-refractivity contribution >= 4 is 24.0 Å². The summed E-state index contributed by atoms with van der Waals surface area (Å²) in [5, 5.41) is 3.22. The number of hydrogen-bond acceptors (Lipinski definition) is 2. The third kappa shape index (κ3) is 5.22. The van der Waals surface area contributed by atoms with Crippen molar-refractivity contribution in [1.29, 1.82) is 0 Å². The van der Waals surface area contributed by atoms with Crippen molar-refractivity contribution in [3.05, 3.63) is 29.3 Å². The summed E-state index contributed by atoms with van der Waals surface area (Å²) in [4.78, 5) is 15.3. The first-order chi connectivity index (χ1) is 11.1. The van der Waals surface area contributed by atoms with Crippen molar-refractivity contribution in [3.8, 4) is 0 Å². The molecule has 2 rings (SSSR count). The number of anilines is 1. The molecule has 1 aliphatic heterocycles. The van der Waals surface area contributed by atoms with E-state index in [4.69, 9.17) is 0 Å². The highest BCUT2D eigenvalue weighted by atomic mass is 35.5. The maximum atomic E-state index is 13.0. The van der Waals surface area contributed by atoms with Gasteiger partial charge >= 0.3 is 0 Å². The molecule has 1 aromatic rings. The lowest BCUT2D eigenvalue weighted by atomic mass is 9.87. The minimum Gasteiger partial charge on any atom is -0.324 e. The molecule has 1 fully saturated rings. The lowest BCUT2D eigenvalue weighted by molar-refractivity contribution is -0.123. The van der Waals surface area contributed by atoms with Gasteiger partial charge in [-0.25, -0.2) is 0 Å². The van der Waals surface area contributed by atoms with Gasteiger partial charge in [0, 0.05) is 5.69 Å². The van der Waals surface area contributed by atoms with Gasteiger partial charge in [0.05, 0.1) is 6.04 Å². The largest absolute Gasteiger partial charge is 0.324 e. The Kier molecular flexibility index (Phi) is 8.79. The smallest absolute Gasteiger partial charge is 0.241 e. The first kappa shape index (κ1) is 21.0. The van der Waals surface area contributed by atoms with Gasteiger partial charge in [0.15, 0.2) is 0 Å². The Labute approximate surface area is 153 Å². The van der Waals surface area contributed by atoms with Crippen molar-refractivity contribution in [2.24, 2.45) is 5.92 Å². The SMILES string of the molecule is CCC[C@@H]1CCN(CCC)[C@H](C(=O)Nc2c(C)cccc2C)C1.Cl. The second-order valence-corrected chi connectivity index (χ2v) is 6.99. The van der Waals surface area contributed by atoms with Crippen LogP contribution >= 0.6 is 12.4 Å². The summed E-state index contributed by atoms with van der Waals surface area (Å²) >= 11 is 0. The average molecular weight is 353 g/mol. The number of piperidine rings is 1. The first-order valence-corrected chi connectivity index (χ1v) is 9.17. The second kappa shape index (κ2) is 10.0. The molecular formula is C20H33ClN2O. The van der Waals surface area contributed by atoms with Gasteiger partial charge in [0.1, 0.15) is 0 Å². The number of nitrogens with zero attached hydrogens (tertiary/aromatic N) is 1. The fraction of sp³-hybridized carbons (Fsp3) is 0.650. The molecule has 0 saturated carbocycles. The van der Waals surface area contributed by atoms with Gasteiger partial charge in [-0.05, 0) is 63.2 Å². The lowest BCUT2D eigenvalue weighted by Gasteiger charge is -2.38. The van der Waals surface area contributed by atoms with Crippen molar-refractivity contribution in [2.45, 2.75) is 65.8 Å². The van der Waals surface area contributed by atoms with Crippen LogP contribution in [0.2, 0.25) is 0 Å². The van der Waals surface area contributed by atoms with Crippen LogP contribution in [0.3, 0.4) is 0 Å². The van der Waals surface area contributed by atoms with Gasteiger partial charge in [0.2, 0.25) is 5.91 Å². The molecular weight excluding hydrogens is 320 g/mol. The molecule has 0 spiro atoms. The summed E-state index contributed by atoms with van der Waals surface area (Å²) in [6.07, 6.45) is 5.80. The highest BCUT2D eigenvalue weighted by molar-refractivity contribution is 5.96. The number of benzene rings is 1. The monoisotopic (exact) mass is 352 g/mol. The molecule has 1 aliphatic rings. The van der Waals surface area contributed by atoms with E-state index in [1.807, 2.05) is 6.07 Å². The van der Waals surface area contributed by atoms with Gasteiger partial charge in [-0.2, -0.15) is 0 Å². The van der Waals surface area contributed by atoms with Crippen LogP contribution in [0.1, 0.15) is 57.1 Å². The van der Waals surface area contributed by atoms with E-state index in [0.29, 0.717) is 5.92 Å². The maximum Gasteiger partial charge on any atom is 0.241 e. The van der Waals surface area contributed by atoms with Crippen LogP contribution in [0.4, 0.5) is 5.69 Å². The number of carbonyl (C=O) groups excluding carboxylic acids is 1. The normalized spacial score (nSPS) is 21.2. The fourth-order valence-corrected chi connectivity index (χ4v) is 3.80. The third-order valence-corrected chi connectivity index (χ3v) is 5.06. The van der Waals surface area contributed by atoms with E-state index in [0.717, 1.165) is 42.7 Å². The van der Waals surface area contributed by atoms with Crippen LogP contribution in [0, 0.1) is 19.8 Å². The number of aryl methyl sites for hydroxylation is 2. The predicted molar refractivity (Wildman–Crippen MR) is 105 cm³/mol. The summed E-state index contributed by atoms with van der Waals surface area (Å²) < 4.78 is 0. The van der Waals surface area contributed by atoms with Crippen molar-refractivity contribution in [1.82, 2.24) is 4.90 Å². The number of amides is 1. The van der Waals surface area contributed by atoms with E-state index in [2.05, 4.69) is 50.0 Å². The molecule has 1 N–H and O–H groups in total. The third-order valence-electron chi connectivity index (χ3n) is 5.06. The number of nitrogens with one attached hydrogen (secondary N) is 1. The molecule has 0 aromatic heterocycles. The molecule has 136 valence electrons. The van der Waals surface area contributed by atoms with E-state index < -0.39 is 0 Å². The van der Waals surface area contributed by atoms with Gasteiger partial charge in [-0.15, -0.1) is 12.4 Å².